The van der Waals surface area contributed by atoms with Gasteiger partial charge in [0, 0.05) is 11.9 Å². The van der Waals surface area contributed by atoms with E-state index in [0.29, 0.717) is 11.3 Å². The molecule has 0 saturated heterocycles. The van der Waals surface area contributed by atoms with Gasteiger partial charge in [0.1, 0.15) is 0 Å². The number of sulfonamides is 1. The van der Waals surface area contributed by atoms with Gasteiger partial charge in [-0.2, -0.15) is 0 Å². The van der Waals surface area contributed by atoms with Crippen molar-refractivity contribution in [3.05, 3.63) is 83.2 Å². The number of aryl methyl sites for hydroxylation is 3. The van der Waals surface area contributed by atoms with Crippen LogP contribution in [-0.4, -0.2) is 19.3 Å². The van der Waals surface area contributed by atoms with Crippen LogP contribution in [0.25, 0.3) is 0 Å². The fourth-order valence-corrected chi connectivity index (χ4v) is 4.12. The van der Waals surface area contributed by atoms with Gasteiger partial charge < -0.3 is 5.32 Å². The number of nitrogens with zero attached hydrogens (tertiary/aromatic N) is 1. The molecule has 7 heteroatoms. The summed E-state index contributed by atoms with van der Waals surface area (Å²) >= 11 is 0. The van der Waals surface area contributed by atoms with Crippen molar-refractivity contribution in [3.63, 3.8) is 0 Å². The molecular weight excluding hydrogens is 374 g/mol. The predicted octanol–water partition coefficient (Wildman–Crippen LogP) is 4.06. The molecule has 0 radical (unpaired) electrons. The number of carbonyl (C=O) groups excluding carboxylic acids is 1. The van der Waals surface area contributed by atoms with Gasteiger partial charge in [0.05, 0.1) is 22.3 Å². The Morgan fingerprint density at radius 2 is 1.64 bits per heavy atom. The Balaban J connectivity index is 1.82. The molecule has 0 bridgehead atoms. The van der Waals surface area contributed by atoms with Crippen LogP contribution in [0.2, 0.25) is 0 Å². The van der Waals surface area contributed by atoms with Crippen LogP contribution >= 0.6 is 0 Å². The van der Waals surface area contributed by atoms with E-state index in [4.69, 9.17) is 0 Å². The first-order valence-corrected chi connectivity index (χ1v) is 10.2. The van der Waals surface area contributed by atoms with Crippen molar-refractivity contribution < 1.29 is 13.2 Å². The molecule has 0 aliphatic rings. The molecule has 2 aromatic carbocycles. The second kappa shape index (κ2) is 7.82. The summed E-state index contributed by atoms with van der Waals surface area (Å²) in [5, 5.41) is 2.78. The monoisotopic (exact) mass is 395 g/mol. The minimum Gasteiger partial charge on any atom is -0.322 e. The Morgan fingerprint density at radius 3 is 2.36 bits per heavy atom. The van der Waals surface area contributed by atoms with Gasteiger partial charge >= 0.3 is 0 Å². The van der Waals surface area contributed by atoms with Crippen LogP contribution in [0.15, 0.2) is 65.8 Å². The quantitative estimate of drug-likeness (QED) is 0.682. The lowest BCUT2D eigenvalue weighted by atomic mass is 10.2. The van der Waals surface area contributed by atoms with Crippen molar-refractivity contribution in [1.29, 1.82) is 0 Å². The molecule has 0 aliphatic heterocycles. The number of anilines is 2. The largest absolute Gasteiger partial charge is 0.322 e. The summed E-state index contributed by atoms with van der Waals surface area (Å²) < 4.78 is 27.9. The number of benzene rings is 2. The summed E-state index contributed by atoms with van der Waals surface area (Å²) in [6.07, 6.45) is 2.75. The molecule has 1 aromatic heterocycles. The average molecular weight is 395 g/mol. The molecule has 0 aliphatic carbocycles. The highest BCUT2D eigenvalue weighted by molar-refractivity contribution is 7.92. The number of hydrogen-bond donors (Lipinski definition) is 2. The van der Waals surface area contributed by atoms with Crippen molar-refractivity contribution in [3.8, 4) is 0 Å². The van der Waals surface area contributed by atoms with E-state index in [9.17, 15) is 13.2 Å². The first-order valence-electron chi connectivity index (χ1n) is 8.68. The molecule has 6 nitrogen and oxygen atoms in total. The van der Waals surface area contributed by atoms with E-state index < -0.39 is 10.0 Å². The van der Waals surface area contributed by atoms with E-state index in [1.165, 1.54) is 18.5 Å². The molecule has 144 valence electrons. The van der Waals surface area contributed by atoms with Gasteiger partial charge in [-0.15, -0.1) is 0 Å². The van der Waals surface area contributed by atoms with E-state index in [0.717, 1.165) is 11.1 Å². The fourth-order valence-electron chi connectivity index (χ4n) is 2.86. The van der Waals surface area contributed by atoms with Gasteiger partial charge in [-0.1, -0.05) is 29.8 Å². The number of carbonyl (C=O) groups is 1. The third-order valence-corrected chi connectivity index (χ3v) is 5.69. The molecule has 3 aromatic rings. The SMILES string of the molecule is Cc1cccc(NC(=O)c2cncc(NS(=O)(=O)c3ccc(C)cc3C)c2)c1. The van der Waals surface area contributed by atoms with E-state index in [1.54, 1.807) is 31.2 Å². The lowest BCUT2D eigenvalue weighted by Crippen LogP contribution is -2.16. The lowest BCUT2D eigenvalue weighted by Gasteiger charge is -2.12. The minimum atomic E-state index is -3.79. The Morgan fingerprint density at radius 1 is 0.893 bits per heavy atom. The molecule has 28 heavy (non-hydrogen) atoms. The Hall–Kier alpha value is -3.19. The molecule has 2 N–H and O–H groups in total. The summed E-state index contributed by atoms with van der Waals surface area (Å²) in [7, 11) is -3.79. The second-order valence-corrected chi connectivity index (χ2v) is 8.31. The van der Waals surface area contributed by atoms with Crippen LogP contribution in [0.3, 0.4) is 0 Å². The number of hydrogen-bond acceptors (Lipinski definition) is 4. The summed E-state index contributed by atoms with van der Waals surface area (Å²) in [4.78, 5) is 16.7. The highest BCUT2D eigenvalue weighted by Gasteiger charge is 2.18. The minimum absolute atomic E-state index is 0.188. The van der Waals surface area contributed by atoms with Crippen molar-refractivity contribution in [1.82, 2.24) is 4.98 Å². The maximum Gasteiger partial charge on any atom is 0.262 e. The van der Waals surface area contributed by atoms with Crippen LogP contribution in [0.4, 0.5) is 11.4 Å². The van der Waals surface area contributed by atoms with E-state index in [1.807, 2.05) is 32.0 Å². The topological polar surface area (TPSA) is 88.2 Å². The van der Waals surface area contributed by atoms with E-state index >= 15 is 0 Å². The summed E-state index contributed by atoms with van der Waals surface area (Å²) in [5.41, 5.74) is 3.78. The second-order valence-electron chi connectivity index (χ2n) is 6.66. The van der Waals surface area contributed by atoms with Crippen LogP contribution < -0.4 is 10.0 Å². The average Bonchev–Trinajstić information content (AvgIpc) is 2.61. The number of pyridine rings is 1. The Bertz CT molecular complexity index is 1140. The molecule has 1 heterocycles. The maximum atomic E-state index is 12.7. The molecular formula is C21H21N3O3S. The molecule has 0 unspecified atom stereocenters. The van der Waals surface area contributed by atoms with Crippen molar-refractivity contribution in [2.24, 2.45) is 0 Å². The zero-order valence-electron chi connectivity index (χ0n) is 15.9. The van der Waals surface area contributed by atoms with Crippen molar-refractivity contribution in [2.45, 2.75) is 25.7 Å². The maximum absolute atomic E-state index is 12.7. The summed E-state index contributed by atoms with van der Waals surface area (Å²) in [5.74, 6) is -0.370. The van der Waals surface area contributed by atoms with Crippen molar-refractivity contribution in [2.75, 3.05) is 10.0 Å². The lowest BCUT2D eigenvalue weighted by molar-refractivity contribution is 0.102. The van der Waals surface area contributed by atoms with Gasteiger partial charge in [0.2, 0.25) is 0 Å². The Labute approximate surface area is 164 Å². The van der Waals surface area contributed by atoms with Crippen LogP contribution in [0.1, 0.15) is 27.0 Å². The Kier molecular flexibility index (Phi) is 5.46. The molecule has 3 rings (SSSR count). The normalized spacial score (nSPS) is 11.1. The van der Waals surface area contributed by atoms with E-state index in [-0.39, 0.29) is 22.1 Å². The van der Waals surface area contributed by atoms with Gasteiger partial charge in [0.15, 0.2) is 0 Å². The smallest absolute Gasteiger partial charge is 0.262 e. The van der Waals surface area contributed by atoms with Gasteiger partial charge in [-0.05, 0) is 56.2 Å². The third kappa shape index (κ3) is 4.55. The van der Waals surface area contributed by atoms with Crippen LogP contribution in [0.5, 0.6) is 0 Å². The first kappa shape index (κ1) is 19.6. The highest BCUT2D eigenvalue weighted by atomic mass is 32.2. The molecule has 0 spiro atoms. The van der Waals surface area contributed by atoms with Gasteiger partial charge in [-0.3, -0.25) is 14.5 Å². The standard InChI is InChI=1S/C21H21N3O3S/c1-14-5-4-6-18(10-14)23-21(25)17-11-19(13-22-12-17)24-28(26,27)20-8-7-15(2)9-16(20)3/h4-13,24H,1-3H3,(H,23,25). The van der Waals surface area contributed by atoms with Crippen LogP contribution in [-0.2, 0) is 10.0 Å². The zero-order chi connectivity index (χ0) is 20.3. The fraction of sp³-hybridized carbons (Fsp3) is 0.143. The van der Waals surface area contributed by atoms with Gasteiger partial charge in [0.25, 0.3) is 15.9 Å². The zero-order valence-corrected chi connectivity index (χ0v) is 16.7. The molecule has 0 saturated carbocycles. The number of nitrogens with one attached hydrogen (secondary N) is 2. The van der Waals surface area contributed by atoms with Crippen LogP contribution in [0, 0.1) is 20.8 Å². The highest BCUT2D eigenvalue weighted by Crippen LogP contribution is 2.21. The molecule has 1 amide bonds. The molecule has 0 fully saturated rings. The van der Waals surface area contributed by atoms with E-state index in [2.05, 4.69) is 15.0 Å². The van der Waals surface area contributed by atoms with Crippen molar-refractivity contribution >= 4 is 27.3 Å². The summed E-state index contributed by atoms with van der Waals surface area (Å²) in [6.45, 7) is 5.57. The summed E-state index contributed by atoms with van der Waals surface area (Å²) in [6, 6.07) is 14.0. The molecule has 0 atom stereocenters. The predicted molar refractivity (Wildman–Crippen MR) is 110 cm³/mol. The number of aromatic nitrogens is 1. The number of amides is 1. The number of rotatable bonds is 5. The van der Waals surface area contributed by atoms with Gasteiger partial charge in [-0.25, -0.2) is 8.42 Å². The third-order valence-electron chi connectivity index (χ3n) is 4.15. The first-order chi connectivity index (χ1) is 13.2.